The van der Waals surface area contributed by atoms with Gasteiger partial charge in [0.25, 0.3) is 0 Å². The fourth-order valence-corrected chi connectivity index (χ4v) is 6.69. The van der Waals surface area contributed by atoms with E-state index in [0.717, 1.165) is 23.3 Å². The molecule has 6 nitrogen and oxygen atoms in total. The van der Waals surface area contributed by atoms with E-state index < -0.39 is 10.0 Å². The van der Waals surface area contributed by atoms with Gasteiger partial charge in [-0.15, -0.1) is 11.3 Å². The first-order valence-electron chi connectivity index (χ1n) is 12.4. The quantitative estimate of drug-likeness (QED) is 0.360. The number of sulfonamides is 1. The van der Waals surface area contributed by atoms with Gasteiger partial charge in [0, 0.05) is 18.0 Å². The Bertz CT molecular complexity index is 1250. The molecule has 1 aliphatic rings. The van der Waals surface area contributed by atoms with Gasteiger partial charge >= 0.3 is 0 Å². The Labute approximate surface area is 218 Å². The summed E-state index contributed by atoms with van der Waals surface area (Å²) in [7, 11) is -3.81. The number of aryl methyl sites for hydroxylation is 1. The molecule has 2 heterocycles. The molecule has 1 atom stereocenters. The van der Waals surface area contributed by atoms with Crippen molar-refractivity contribution >= 4 is 27.3 Å². The van der Waals surface area contributed by atoms with E-state index in [-0.39, 0.29) is 23.4 Å². The second-order valence-electron chi connectivity index (χ2n) is 9.61. The SMILES string of the molecule is Cc1ccc(S(=O)(=O)N(CCC(C)C)CC(=O)N2CCc3sccc3C2COc2ccccc2)cc1. The van der Waals surface area contributed by atoms with E-state index in [1.807, 2.05) is 42.6 Å². The third-order valence-corrected chi connectivity index (χ3v) is 9.35. The number of carbonyl (C=O) groups excluding carboxylic acids is 1. The molecule has 1 amide bonds. The average molecular weight is 527 g/mol. The summed E-state index contributed by atoms with van der Waals surface area (Å²) in [6.07, 6.45) is 1.44. The van der Waals surface area contributed by atoms with Crippen molar-refractivity contribution in [3.63, 3.8) is 0 Å². The molecule has 4 rings (SSSR count). The van der Waals surface area contributed by atoms with Gasteiger partial charge in [0.2, 0.25) is 15.9 Å². The molecular weight excluding hydrogens is 492 g/mol. The minimum atomic E-state index is -3.81. The fourth-order valence-electron chi connectivity index (χ4n) is 4.35. The molecule has 0 bridgehead atoms. The van der Waals surface area contributed by atoms with Gasteiger partial charge < -0.3 is 9.64 Å². The van der Waals surface area contributed by atoms with E-state index in [2.05, 4.69) is 19.9 Å². The first-order chi connectivity index (χ1) is 17.3. The molecule has 0 saturated heterocycles. The lowest BCUT2D eigenvalue weighted by Gasteiger charge is -2.37. The van der Waals surface area contributed by atoms with Crippen LogP contribution in [0.1, 0.15) is 42.3 Å². The summed E-state index contributed by atoms with van der Waals surface area (Å²) in [6, 6.07) is 18.1. The topological polar surface area (TPSA) is 66.9 Å². The van der Waals surface area contributed by atoms with Gasteiger partial charge in [-0.05, 0) is 67.0 Å². The third-order valence-electron chi connectivity index (χ3n) is 6.49. The zero-order valence-electron chi connectivity index (χ0n) is 21.1. The molecular formula is C28H34N2O4S2. The molecule has 192 valence electrons. The number of hydrogen-bond donors (Lipinski definition) is 0. The Kier molecular flexibility index (Phi) is 8.49. The van der Waals surface area contributed by atoms with Gasteiger partial charge in [-0.25, -0.2) is 8.42 Å². The standard InChI is InChI=1S/C28H34N2O4S2/c1-21(2)13-16-29(36(32,33)24-11-9-22(3)10-12-24)19-28(31)30-17-14-27-25(15-18-35-27)26(30)20-34-23-7-5-4-6-8-23/h4-12,15,18,21,26H,13-14,16-17,19-20H2,1-3H3. The maximum absolute atomic E-state index is 13.7. The molecule has 36 heavy (non-hydrogen) atoms. The summed E-state index contributed by atoms with van der Waals surface area (Å²) >= 11 is 1.69. The molecule has 0 N–H and O–H groups in total. The average Bonchev–Trinajstić information content (AvgIpc) is 3.35. The number of fused-ring (bicyclic) bond motifs is 1. The molecule has 2 aromatic carbocycles. The third kappa shape index (κ3) is 6.17. The highest BCUT2D eigenvalue weighted by Crippen LogP contribution is 2.34. The van der Waals surface area contributed by atoms with Crippen LogP contribution >= 0.6 is 11.3 Å². The Morgan fingerprint density at radius 3 is 2.53 bits per heavy atom. The van der Waals surface area contributed by atoms with Crippen LogP contribution < -0.4 is 4.74 Å². The lowest BCUT2D eigenvalue weighted by Crippen LogP contribution is -2.48. The number of rotatable bonds is 10. The number of hydrogen-bond acceptors (Lipinski definition) is 5. The van der Waals surface area contributed by atoms with Gasteiger partial charge in [-0.1, -0.05) is 49.7 Å². The number of carbonyl (C=O) groups is 1. The number of benzene rings is 2. The van der Waals surface area contributed by atoms with Crippen molar-refractivity contribution in [1.29, 1.82) is 0 Å². The smallest absolute Gasteiger partial charge is 0.243 e. The van der Waals surface area contributed by atoms with Gasteiger partial charge in [0.15, 0.2) is 0 Å². The first kappa shape index (κ1) is 26.4. The van der Waals surface area contributed by atoms with Gasteiger partial charge in [0.1, 0.15) is 12.4 Å². The van der Waals surface area contributed by atoms with E-state index in [4.69, 9.17) is 4.74 Å². The highest BCUT2D eigenvalue weighted by molar-refractivity contribution is 7.89. The van der Waals surface area contributed by atoms with Gasteiger partial charge in [-0.3, -0.25) is 4.79 Å². The summed E-state index contributed by atoms with van der Waals surface area (Å²) in [5.41, 5.74) is 2.07. The molecule has 0 aliphatic carbocycles. The lowest BCUT2D eigenvalue weighted by molar-refractivity contribution is -0.135. The van der Waals surface area contributed by atoms with Crippen LogP contribution in [0.25, 0.3) is 0 Å². The van der Waals surface area contributed by atoms with Crippen LogP contribution in [-0.4, -0.2) is 49.8 Å². The van der Waals surface area contributed by atoms with Crippen LogP contribution in [0, 0.1) is 12.8 Å². The number of ether oxygens (including phenoxy) is 1. The Hall–Kier alpha value is -2.68. The second-order valence-corrected chi connectivity index (χ2v) is 12.5. The normalized spacial score (nSPS) is 15.8. The molecule has 0 fully saturated rings. The highest BCUT2D eigenvalue weighted by atomic mass is 32.2. The number of para-hydroxylation sites is 1. The van der Waals surface area contributed by atoms with Gasteiger partial charge in [0.05, 0.1) is 17.5 Å². The molecule has 1 unspecified atom stereocenters. The largest absolute Gasteiger partial charge is 0.491 e. The van der Waals surface area contributed by atoms with E-state index in [1.165, 1.54) is 9.18 Å². The fraction of sp³-hybridized carbons (Fsp3) is 0.393. The summed E-state index contributed by atoms with van der Waals surface area (Å²) < 4.78 is 34.5. The summed E-state index contributed by atoms with van der Waals surface area (Å²) in [5, 5.41) is 2.05. The molecule has 1 aromatic heterocycles. The van der Waals surface area contributed by atoms with Crippen LogP contribution in [0.15, 0.2) is 70.9 Å². The van der Waals surface area contributed by atoms with Crippen LogP contribution in [0.3, 0.4) is 0 Å². The van der Waals surface area contributed by atoms with Crippen molar-refractivity contribution < 1.29 is 17.9 Å². The van der Waals surface area contributed by atoms with Crippen LogP contribution in [-0.2, 0) is 21.2 Å². The molecule has 3 aromatic rings. The van der Waals surface area contributed by atoms with Crippen molar-refractivity contribution in [2.45, 2.75) is 44.6 Å². The lowest BCUT2D eigenvalue weighted by atomic mass is 10.0. The Balaban J connectivity index is 1.57. The maximum Gasteiger partial charge on any atom is 0.243 e. The zero-order valence-corrected chi connectivity index (χ0v) is 22.7. The number of nitrogens with zero attached hydrogens (tertiary/aromatic N) is 2. The van der Waals surface area contributed by atoms with Crippen molar-refractivity contribution in [3.8, 4) is 5.75 Å². The minimum Gasteiger partial charge on any atom is -0.491 e. The van der Waals surface area contributed by atoms with Crippen LogP contribution in [0.5, 0.6) is 5.75 Å². The zero-order chi connectivity index (χ0) is 25.7. The van der Waals surface area contributed by atoms with Crippen LogP contribution in [0.4, 0.5) is 0 Å². The van der Waals surface area contributed by atoms with E-state index in [9.17, 15) is 13.2 Å². The molecule has 1 aliphatic heterocycles. The molecule has 0 saturated carbocycles. The van der Waals surface area contributed by atoms with E-state index in [0.29, 0.717) is 32.0 Å². The molecule has 0 radical (unpaired) electrons. The summed E-state index contributed by atoms with van der Waals surface area (Å²) in [5.74, 6) is 0.854. The van der Waals surface area contributed by atoms with Crippen molar-refractivity contribution in [2.75, 3.05) is 26.2 Å². The molecule has 0 spiro atoms. The monoisotopic (exact) mass is 526 g/mol. The van der Waals surface area contributed by atoms with Crippen molar-refractivity contribution in [2.24, 2.45) is 5.92 Å². The predicted octanol–water partition coefficient (Wildman–Crippen LogP) is 5.30. The number of amides is 1. The Morgan fingerprint density at radius 2 is 1.83 bits per heavy atom. The predicted molar refractivity (Wildman–Crippen MR) is 144 cm³/mol. The van der Waals surface area contributed by atoms with Gasteiger partial charge in [-0.2, -0.15) is 4.31 Å². The van der Waals surface area contributed by atoms with E-state index >= 15 is 0 Å². The second kappa shape index (κ2) is 11.6. The highest BCUT2D eigenvalue weighted by Gasteiger charge is 2.35. The number of thiophene rings is 1. The van der Waals surface area contributed by atoms with Crippen LogP contribution in [0.2, 0.25) is 0 Å². The summed E-state index contributed by atoms with van der Waals surface area (Å²) in [4.78, 5) is 17.0. The van der Waals surface area contributed by atoms with E-state index in [1.54, 1.807) is 40.5 Å². The molecule has 8 heteroatoms. The first-order valence-corrected chi connectivity index (χ1v) is 14.7. The Morgan fingerprint density at radius 1 is 1.11 bits per heavy atom. The van der Waals surface area contributed by atoms with Crippen molar-refractivity contribution in [3.05, 3.63) is 82.0 Å². The van der Waals surface area contributed by atoms with Crippen molar-refractivity contribution in [1.82, 2.24) is 9.21 Å². The minimum absolute atomic E-state index is 0.190. The summed E-state index contributed by atoms with van der Waals surface area (Å²) in [6.45, 7) is 6.99. The maximum atomic E-state index is 13.7.